The largest absolute Gasteiger partial charge is 0.456 e. The lowest BCUT2D eigenvalue weighted by molar-refractivity contribution is 0.662. The van der Waals surface area contributed by atoms with Crippen molar-refractivity contribution in [3.05, 3.63) is 472 Å². The zero-order valence-corrected chi connectivity index (χ0v) is 68.0. The number of benzene rings is 18. The van der Waals surface area contributed by atoms with E-state index < -0.39 is 5.41 Å². The lowest BCUT2D eigenvalue weighted by Gasteiger charge is -2.32. The maximum atomic E-state index is 6.52. The van der Waals surface area contributed by atoms with Crippen molar-refractivity contribution in [3.63, 3.8) is 0 Å². The van der Waals surface area contributed by atoms with Crippen LogP contribution in [-0.2, 0) is 21.7 Å². The fraction of sp³-hybridized carbons (Fsp3) is 0.0690. The Kier molecular flexibility index (Phi) is 15.6. The molecule has 20 aromatic rings. The molecule has 6 aliphatic rings. The second-order valence-electron chi connectivity index (χ2n) is 34.1. The molecule has 2 heterocycles. The summed E-state index contributed by atoms with van der Waals surface area (Å²) < 4.78 is 12.7. The third kappa shape index (κ3) is 10.1. The van der Waals surface area contributed by atoms with Gasteiger partial charge in [0.2, 0.25) is 0 Å². The molecule has 26 rings (SSSR count). The van der Waals surface area contributed by atoms with Gasteiger partial charge < -0.3 is 19.1 Å². The molecule has 0 saturated heterocycles. The fourth-order valence-electron chi connectivity index (χ4n) is 22.4. The van der Waals surface area contributed by atoms with Gasteiger partial charge in [-0.15, -0.1) is 0 Å². The molecule has 0 bridgehead atoms. The van der Waals surface area contributed by atoms with Gasteiger partial charge in [0.25, 0.3) is 0 Å². The third-order valence-corrected chi connectivity index (χ3v) is 27.5. The maximum Gasteiger partial charge on any atom is 0.137 e. The van der Waals surface area contributed by atoms with Crippen LogP contribution in [0.2, 0.25) is 5.02 Å². The number of fused-ring (bicyclic) bond motifs is 32. The maximum absolute atomic E-state index is 6.52. The van der Waals surface area contributed by atoms with Crippen molar-refractivity contribution in [1.29, 1.82) is 0 Å². The first-order chi connectivity index (χ1) is 59.5. The van der Waals surface area contributed by atoms with Crippen molar-refractivity contribution < 1.29 is 8.83 Å². The van der Waals surface area contributed by atoms with E-state index >= 15 is 0 Å². The molecule has 18 aromatic carbocycles. The summed E-state index contributed by atoms with van der Waals surface area (Å²) in [5, 5.41) is 9.00. The van der Waals surface area contributed by atoms with Crippen molar-refractivity contribution >= 4 is 83.9 Å². The summed E-state index contributed by atoms with van der Waals surface area (Å²) in [6, 6.07) is 146. The summed E-state index contributed by atoms with van der Waals surface area (Å²) in [5.74, 6) is 0. The second kappa shape index (κ2) is 26.7. The summed E-state index contributed by atoms with van der Waals surface area (Å²) in [5.41, 5.74) is 45.3. The molecule has 0 radical (unpaired) electrons. The highest BCUT2D eigenvalue weighted by atomic mass is 35.5. The summed E-state index contributed by atoms with van der Waals surface area (Å²) in [7, 11) is 0. The molecule has 6 aliphatic carbocycles. The van der Waals surface area contributed by atoms with Crippen LogP contribution >= 0.6 is 11.6 Å². The van der Waals surface area contributed by atoms with E-state index in [0.717, 1.165) is 77.3 Å². The molecular weight excluding hydrogens is 1490 g/mol. The topological polar surface area (TPSA) is 41.6 Å². The molecule has 0 atom stereocenters. The molecule has 0 unspecified atom stereocenters. The van der Waals surface area contributed by atoms with E-state index in [9.17, 15) is 0 Å². The van der Waals surface area contributed by atoms with E-state index in [1.165, 1.54) is 156 Å². The minimum atomic E-state index is -0.447. The van der Waals surface area contributed by atoms with Crippen LogP contribution in [0.15, 0.2) is 409 Å². The van der Waals surface area contributed by atoms with E-state index in [1.807, 2.05) is 30.3 Å². The van der Waals surface area contributed by atoms with Crippen LogP contribution in [0.4, 0.5) is 28.4 Å². The SMILES string of the molecule is CC1(C)c2ccccc2-c2cccc(-c3ccc(Cl)cc3)c21.CC1(C)c2ccccc2-c2cccc(-c3ccc(N(c4ccc5c(c4)C4(c6ccccc6-c6ccccc64)c4ccccc4-5)c4cccc5oc6ccccc6c45)cc3)c21.c1ccc2c(c1)-c1ccccc1C21c2ccccc2-c2ccc(Nc3cccc4oc5ccccc5c34)cc21. The molecule has 0 fully saturated rings. The van der Waals surface area contributed by atoms with Gasteiger partial charge in [0.05, 0.1) is 33.0 Å². The molecule has 0 saturated carbocycles. The van der Waals surface area contributed by atoms with Gasteiger partial charge in [0, 0.05) is 43.7 Å². The quantitative estimate of drug-likeness (QED) is 0.173. The molecular formula is C116H79ClN2O2. The Morgan fingerprint density at radius 2 is 0.570 bits per heavy atom. The van der Waals surface area contributed by atoms with Crippen LogP contribution < -0.4 is 10.2 Å². The average Bonchev–Trinajstić information content (AvgIpc) is 1.51. The zero-order valence-electron chi connectivity index (χ0n) is 67.2. The van der Waals surface area contributed by atoms with Gasteiger partial charge in [-0.05, 0) is 241 Å². The highest BCUT2D eigenvalue weighted by Gasteiger charge is 2.54. The molecule has 2 aromatic heterocycles. The highest BCUT2D eigenvalue weighted by Crippen LogP contribution is 2.66. The number of anilines is 5. The first kappa shape index (κ1) is 70.6. The number of para-hydroxylation sites is 2. The van der Waals surface area contributed by atoms with Crippen LogP contribution in [-0.4, -0.2) is 0 Å². The number of hydrogen-bond acceptors (Lipinski definition) is 4. The summed E-state index contributed by atoms with van der Waals surface area (Å²) in [6.45, 7) is 9.37. The number of rotatable bonds is 7. The van der Waals surface area contributed by atoms with Gasteiger partial charge in [0.1, 0.15) is 22.3 Å². The molecule has 1 N–H and O–H groups in total. The third-order valence-electron chi connectivity index (χ3n) is 27.3. The fourth-order valence-corrected chi connectivity index (χ4v) is 22.5. The van der Waals surface area contributed by atoms with Gasteiger partial charge >= 0.3 is 0 Å². The van der Waals surface area contributed by atoms with Crippen molar-refractivity contribution in [2.75, 3.05) is 10.2 Å². The Balaban J connectivity index is 0.000000116. The van der Waals surface area contributed by atoms with Crippen molar-refractivity contribution in [3.8, 4) is 89.0 Å². The van der Waals surface area contributed by atoms with Gasteiger partial charge in [0.15, 0.2) is 0 Å². The number of nitrogens with one attached hydrogen (secondary N) is 1. The minimum absolute atomic E-state index is 0.0160. The monoisotopic (exact) mass is 1570 g/mol. The van der Waals surface area contributed by atoms with Gasteiger partial charge in [-0.25, -0.2) is 0 Å². The summed E-state index contributed by atoms with van der Waals surface area (Å²) in [6.07, 6.45) is 0. The number of halogens is 1. The van der Waals surface area contributed by atoms with Crippen LogP contribution in [0.25, 0.3) is 133 Å². The molecule has 5 heteroatoms. The Labute approximate surface area is 708 Å². The van der Waals surface area contributed by atoms with Crippen LogP contribution in [0, 0.1) is 0 Å². The minimum Gasteiger partial charge on any atom is -0.456 e. The van der Waals surface area contributed by atoms with Crippen molar-refractivity contribution in [2.45, 2.75) is 49.4 Å². The lowest BCUT2D eigenvalue weighted by atomic mass is 9.70. The van der Waals surface area contributed by atoms with Gasteiger partial charge in [-0.3, -0.25) is 0 Å². The Bertz CT molecular complexity index is 7590. The van der Waals surface area contributed by atoms with Crippen LogP contribution in [0.3, 0.4) is 0 Å². The van der Waals surface area contributed by atoms with E-state index in [4.69, 9.17) is 20.4 Å². The van der Waals surface area contributed by atoms with E-state index in [2.05, 4.69) is 408 Å². The Morgan fingerprint density at radius 3 is 1.03 bits per heavy atom. The van der Waals surface area contributed by atoms with Crippen molar-refractivity contribution in [1.82, 2.24) is 0 Å². The highest BCUT2D eigenvalue weighted by molar-refractivity contribution is 6.30. The van der Waals surface area contributed by atoms with E-state index in [1.54, 1.807) is 0 Å². The molecule has 0 aliphatic heterocycles. The molecule has 4 nitrogen and oxygen atoms in total. The van der Waals surface area contributed by atoms with E-state index in [-0.39, 0.29) is 16.2 Å². The normalized spacial score (nSPS) is 14.3. The second-order valence-corrected chi connectivity index (χ2v) is 34.5. The van der Waals surface area contributed by atoms with Crippen LogP contribution in [0.5, 0.6) is 0 Å². The summed E-state index contributed by atoms with van der Waals surface area (Å²) in [4.78, 5) is 2.45. The average molecular weight is 1570 g/mol. The van der Waals surface area contributed by atoms with Crippen LogP contribution in [0.1, 0.15) is 94.5 Å². The zero-order chi connectivity index (χ0) is 80.6. The smallest absolute Gasteiger partial charge is 0.137 e. The molecule has 572 valence electrons. The molecule has 2 spiro atoms. The Hall–Kier alpha value is -14.6. The number of furan rings is 2. The van der Waals surface area contributed by atoms with Gasteiger partial charge in [-0.1, -0.05) is 355 Å². The van der Waals surface area contributed by atoms with Gasteiger partial charge in [-0.2, -0.15) is 0 Å². The molecule has 0 amide bonds. The predicted octanol–water partition coefficient (Wildman–Crippen LogP) is 31.4. The number of hydrogen-bond donors (Lipinski definition) is 1. The van der Waals surface area contributed by atoms with E-state index in [0.29, 0.717) is 0 Å². The first-order valence-corrected chi connectivity index (χ1v) is 42.4. The van der Waals surface area contributed by atoms with Crippen molar-refractivity contribution in [2.24, 2.45) is 0 Å². The first-order valence-electron chi connectivity index (χ1n) is 42.0. The predicted molar refractivity (Wildman–Crippen MR) is 502 cm³/mol. The lowest BCUT2D eigenvalue weighted by Crippen LogP contribution is -2.26. The Morgan fingerprint density at radius 1 is 0.248 bits per heavy atom. The summed E-state index contributed by atoms with van der Waals surface area (Å²) >= 11 is 6.05. The molecule has 121 heavy (non-hydrogen) atoms. The number of nitrogens with zero attached hydrogens (tertiary/aromatic N) is 1. The standard InChI is InChI=1S/C58H39NO.C37H23NO.C21H17Cl/c1-57(2)47-22-8-3-18-43(47)45-21-13-20-39(56(45)57)36-29-31-37(32-30-36)59(52-26-14-28-54-55(52)46-19-7-12-27-53(46)60-54)38-33-34-44-42-17-6-11-25-50(42)58(51(44)35-38)48-23-9-4-15-40(48)41-16-5-10-24-49(41)58;1-5-14-29-24(10-1)25-11-2-6-15-30(25)37(29)31-16-7-3-12-26(31)27-21-20-23(22-32(27)37)38-33-17-9-19-35-36(33)28-13-4-8-18-34(28)39-35;1-21(2)19-9-4-3-6-17(19)18-8-5-7-16(20(18)21)14-10-12-15(22)13-11-14/h3-35H,1-2H3;1-22,38H;3-13H,1-2H3.